The SMILES string of the molecule is CCCCCCCCCCCCCCCCCCC(=C(C)C)c1ccccc1. The summed E-state index contributed by atoms with van der Waals surface area (Å²) in [4.78, 5) is 0. The largest absolute Gasteiger partial charge is 0.0726 e. The van der Waals surface area contributed by atoms with Crippen LogP contribution in [0.25, 0.3) is 5.57 Å². The van der Waals surface area contributed by atoms with Crippen LogP contribution in [0.15, 0.2) is 35.9 Å². The summed E-state index contributed by atoms with van der Waals surface area (Å²) < 4.78 is 0. The molecule has 1 aromatic rings. The molecule has 1 aromatic carbocycles. The van der Waals surface area contributed by atoms with Crippen LogP contribution in [0, 0.1) is 0 Å². The predicted octanol–water partition coefficient (Wildman–Crippen LogP) is 10.1. The van der Waals surface area contributed by atoms with Crippen molar-refractivity contribution in [3.63, 3.8) is 0 Å². The topological polar surface area (TPSA) is 0 Å². The number of benzene rings is 1. The fourth-order valence-electron chi connectivity index (χ4n) is 4.17. The molecule has 0 amide bonds. The van der Waals surface area contributed by atoms with Crippen molar-refractivity contribution in [3.05, 3.63) is 41.5 Å². The van der Waals surface area contributed by atoms with Crippen molar-refractivity contribution in [2.75, 3.05) is 0 Å². The van der Waals surface area contributed by atoms with Gasteiger partial charge in [0.25, 0.3) is 0 Å². The van der Waals surface area contributed by atoms with Crippen LogP contribution in [0.3, 0.4) is 0 Å². The van der Waals surface area contributed by atoms with Gasteiger partial charge < -0.3 is 0 Å². The first-order valence-electron chi connectivity index (χ1n) is 12.5. The molecule has 0 atom stereocenters. The van der Waals surface area contributed by atoms with E-state index in [-0.39, 0.29) is 0 Å². The molecule has 0 aliphatic heterocycles. The first kappa shape index (κ1) is 25.0. The second-order valence-corrected chi connectivity index (χ2v) is 8.90. The Balaban J connectivity index is 1.90. The lowest BCUT2D eigenvalue weighted by atomic mass is 9.95. The molecule has 0 nitrogen and oxygen atoms in total. The van der Waals surface area contributed by atoms with Crippen molar-refractivity contribution >= 4 is 5.57 Å². The zero-order valence-corrected chi connectivity index (χ0v) is 19.4. The first-order chi connectivity index (χ1) is 13.8. The van der Waals surface area contributed by atoms with Gasteiger partial charge in [-0.2, -0.15) is 0 Å². The lowest BCUT2D eigenvalue weighted by molar-refractivity contribution is 0.530. The molecular weight excluding hydrogens is 336 g/mol. The van der Waals surface area contributed by atoms with E-state index >= 15 is 0 Å². The molecule has 0 fully saturated rings. The number of rotatable bonds is 18. The van der Waals surface area contributed by atoms with Crippen LogP contribution in [0.4, 0.5) is 0 Å². The summed E-state index contributed by atoms with van der Waals surface area (Å²) >= 11 is 0. The van der Waals surface area contributed by atoms with Crippen molar-refractivity contribution in [2.45, 2.75) is 130 Å². The molecule has 0 heterocycles. The lowest BCUT2D eigenvalue weighted by Gasteiger charge is -2.10. The van der Waals surface area contributed by atoms with Crippen LogP contribution in [-0.2, 0) is 0 Å². The van der Waals surface area contributed by atoms with Crippen LogP contribution >= 0.6 is 0 Å². The second-order valence-electron chi connectivity index (χ2n) is 8.90. The van der Waals surface area contributed by atoms with Gasteiger partial charge in [0.15, 0.2) is 0 Å². The van der Waals surface area contributed by atoms with Crippen LogP contribution in [-0.4, -0.2) is 0 Å². The zero-order valence-electron chi connectivity index (χ0n) is 19.4. The highest BCUT2D eigenvalue weighted by molar-refractivity contribution is 5.67. The number of unbranched alkanes of at least 4 members (excludes halogenated alkanes) is 15. The fourth-order valence-corrected chi connectivity index (χ4v) is 4.17. The maximum absolute atomic E-state index is 2.30. The Hall–Kier alpha value is -1.04. The van der Waals surface area contributed by atoms with Crippen molar-refractivity contribution in [1.82, 2.24) is 0 Å². The Morgan fingerprint density at radius 3 is 1.32 bits per heavy atom. The number of allylic oxidation sites excluding steroid dienone is 2. The summed E-state index contributed by atoms with van der Waals surface area (Å²) in [5.41, 5.74) is 4.46. The van der Waals surface area contributed by atoms with Crippen molar-refractivity contribution in [2.24, 2.45) is 0 Å². The Morgan fingerprint density at radius 2 is 0.929 bits per heavy atom. The van der Waals surface area contributed by atoms with Crippen molar-refractivity contribution < 1.29 is 0 Å². The quantitative estimate of drug-likeness (QED) is 0.221. The van der Waals surface area contributed by atoms with Gasteiger partial charge in [-0.25, -0.2) is 0 Å². The molecule has 0 unspecified atom stereocenters. The molecule has 28 heavy (non-hydrogen) atoms. The highest BCUT2D eigenvalue weighted by atomic mass is 14.1. The smallest absolute Gasteiger partial charge is 0.0225 e. The van der Waals surface area contributed by atoms with Gasteiger partial charge in [0, 0.05) is 0 Å². The lowest BCUT2D eigenvalue weighted by Crippen LogP contribution is -1.89. The Morgan fingerprint density at radius 1 is 0.536 bits per heavy atom. The third-order valence-corrected chi connectivity index (χ3v) is 6.01. The van der Waals surface area contributed by atoms with Gasteiger partial charge in [0.2, 0.25) is 0 Å². The summed E-state index contributed by atoms with van der Waals surface area (Å²) in [6, 6.07) is 10.9. The number of hydrogen-bond acceptors (Lipinski definition) is 0. The molecule has 0 aliphatic carbocycles. The minimum atomic E-state index is 1.24. The van der Waals surface area contributed by atoms with Crippen LogP contribution < -0.4 is 0 Å². The average Bonchev–Trinajstić information content (AvgIpc) is 2.70. The Kier molecular flexibility index (Phi) is 16.1. The molecule has 160 valence electrons. The number of hydrogen-bond donors (Lipinski definition) is 0. The summed E-state index contributed by atoms with van der Waals surface area (Å²) in [5, 5.41) is 0. The Bertz CT molecular complexity index is 478. The van der Waals surface area contributed by atoms with E-state index in [1.165, 1.54) is 120 Å². The molecule has 0 bridgehead atoms. The van der Waals surface area contributed by atoms with E-state index in [1.807, 2.05) is 0 Å². The minimum Gasteiger partial charge on any atom is -0.0726 e. The summed E-state index contributed by atoms with van der Waals surface area (Å²) in [6.45, 7) is 6.82. The predicted molar refractivity (Wildman–Crippen MR) is 129 cm³/mol. The third-order valence-electron chi connectivity index (χ3n) is 6.01. The van der Waals surface area contributed by atoms with Crippen LogP contribution in [0.5, 0.6) is 0 Å². The van der Waals surface area contributed by atoms with E-state index < -0.39 is 0 Å². The van der Waals surface area contributed by atoms with Gasteiger partial charge in [-0.1, -0.05) is 139 Å². The molecular formula is C28H48. The monoisotopic (exact) mass is 384 g/mol. The van der Waals surface area contributed by atoms with Gasteiger partial charge in [-0.3, -0.25) is 0 Å². The van der Waals surface area contributed by atoms with E-state index in [0.29, 0.717) is 0 Å². The van der Waals surface area contributed by atoms with Crippen molar-refractivity contribution in [1.29, 1.82) is 0 Å². The third kappa shape index (κ3) is 13.2. The van der Waals surface area contributed by atoms with E-state index in [9.17, 15) is 0 Å². The summed E-state index contributed by atoms with van der Waals surface area (Å²) in [6.07, 6.45) is 24.3. The van der Waals surface area contributed by atoms with Gasteiger partial charge in [0.1, 0.15) is 0 Å². The molecule has 0 N–H and O–H groups in total. The minimum absolute atomic E-state index is 1.24. The van der Waals surface area contributed by atoms with Gasteiger partial charge in [-0.05, 0) is 37.8 Å². The normalized spacial score (nSPS) is 11.0. The van der Waals surface area contributed by atoms with E-state index in [0.717, 1.165) is 0 Å². The van der Waals surface area contributed by atoms with Gasteiger partial charge in [0.05, 0.1) is 0 Å². The second kappa shape index (κ2) is 18.0. The molecule has 0 aromatic heterocycles. The maximum atomic E-state index is 2.30. The van der Waals surface area contributed by atoms with Gasteiger partial charge in [-0.15, -0.1) is 0 Å². The summed E-state index contributed by atoms with van der Waals surface area (Å²) in [7, 11) is 0. The summed E-state index contributed by atoms with van der Waals surface area (Å²) in [5.74, 6) is 0. The standard InChI is InChI=1S/C28H48/c1-4-5-6-7-8-9-10-11-12-13-14-15-16-17-18-22-25-28(26(2)3)27-23-20-19-21-24-27/h19-21,23-24H,4-18,22,25H2,1-3H3. The zero-order chi connectivity index (χ0) is 20.3. The van der Waals surface area contributed by atoms with Crippen molar-refractivity contribution in [3.8, 4) is 0 Å². The maximum Gasteiger partial charge on any atom is -0.0225 e. The highest BCUT2D eigenvalue weighted by Crippen LogP contribution is 2.25. The molecule has 0 heteroatoms. The molecule has 1 rings (SSSR count). The Labute approximate surface area is 177 Å². The first-order valence-corrected chi connectivity index (χ1v) is 12.5. The van der Waals surface area contributed by atoms with E-state index in [4.69, 9.17) is 0 Å². The molecule has 0 spiro atoms. The highest BCUT2D eigenvalue weighted by Gasteiger charge is 2.03. The van der Waals surface area contributed by atoms with Crippen LogP contribution in [0.2, 0.25) is 0 Å². The van der Waals surface area contributed by atoms with Crippen LogP contribution in [0.1, 0.15) is 135 Å². The average molecular weight is 385 g/mol. The van der Waals surface area contributed by atoms with E-state index in [2.05, 4.69) is 51.1 Å². The molecule has 0 saturated heterocycles. The molecule has 0 aliphatic rings. The molecule has 0 radical (unpaired) electrons. The molecule has 0 saturated carbocycles. The van der Waals surface area contributed by atoms with E-state index in [1.54, 1.807) is 5.57 Å². The van der Waals surface area contributed by atoms with Gasteiger partial charge >= 0.3 is 0 Å². The fraction of sp³-hybridized carbons (Fsp3) is 0.714.